The van der Waals surface area contributed by atoms with Gasteiger partial charge in [0.2, 0.25) is 5.88 Å². The van der Waals surface area contributed by atoms with Crippen molar-refractivity contribution in [2.75, 3.05) is 102 Å². The highest BCUT2D eigenvalue weighted by Gasteiger charge is 2.41. The van der Waals surface area contributed by atoms with Crippen LogP contribution in [0.15, 0.2) is 89.5 Å². The summed E-state index contributed by atoms with van der Waals surface area (Å²) < 4.78 is 76.9. The summed E-state index contributed by atoms with van der Waals surface area (Å²) in [6, 6.07) is 21.9. The summed E-state index contributed by atoms with van der Waals surface area (Å²) in [4.78, 5) is 31.4. The number of H-pyrrole nitrogens is 1. The van der Waals surface area contributed by atoms with Crippen molar-refractivity contribution in [1.29, 1.82) is 0 Å². The zero-order chi connectivity index (χ0) is 51.2. The molecule has 1 aliphatic carbocycles. The van der Waals surface area contributed by atoms with Crippen molar-refractivity contribution in [2.45, 2.75) is 81.1 Å². The van der Waals surface area contributed by atoms with E-state index in [-0.39, 0.29) is 45.4 Å². The topological polar surface area (TPSA) is 151 Å². The molecule has 0 bridgehead atoms. The Morgan fingerprint density at radius 3 is 2.47 bits per heavy atom. The molecule has 0 radical (unpaired) electrons. The quantitative estimate of drug-likeness (QED) is 0.137. The Hall–Kier alpha value is -4.98. The maximum absolute atomic E-state index is 15.8. The molecule has 6 aliphatic rings. The van der Waals surface area contributed by atoms with Crippen molar-refractivity contribution < 1.29 is 41.3 Å². The number of pyridine rings is 1. The number of piperazine rings is 1. The number of halogens is 3. The van der Waals surface area contributed by atoms with Gasteiger partial charge in [0.05, 0.1) is 65.8 Å². The number of carbonyl (C=O) groups is 1. The summed E-state index contributed by atoms with van der Waals surface area (Å²) in [5, 5.41) is 1.54. The summed E-state index contributed by atoms with van der Waals surface area (Å²) in [5.41, 5.74) is 5.12. The summed E-state index contributed by atoms with van der Waals surface area (Å²) >= 11 is 13.0. The van der Waals surface area contributed by atoms with Crippen LogP contribution in [0.3, 0.4) is 0 Å². The van der Waals surface area contributed by atoms with Gasteiger partial charge in [-0.05, 0) is 121 Å². The van der Waals surface area contributed by atoms with Gasteiger partial charge in [-0.15, -0.1) is 0 Å². The smallest absolute Gasteiger partial charge is 0.267 e. The van der Waals surface area contributed by atoms with Gasteiger partial charge in [0.15, 0.2) is 0 Å². The molecule has 2 atom stereocenters. The second-order valence-corrected chi connectivity index (χ2v) is 23.9. The lowest BCUT2D eigenvalue weighted by atomic mass is 9.71. The van der Waals surface area contributed by atoms with Crippen LogP contribution in [0.4, 0.5) is 21.5 Å². The fourth-order valence-electron chi connectivity index (χ4n) is 11.3. The highest BCUT2D eigenvalue weighted by Crippen LogP contribution is 2.46. The number of allylic oxidation sites excluding steroid dienone is 1. The first-order valence-corrected chi connectivity index (χ1v) is 28.1. The maximum Gasteiger partial charge on any atom is 0.267 e. The number of piperidine rings is 1. The van der Waals surface area contributed by atoms with Crippen molar-refractivity contribution in [3.8, 4) is 11.6 Å². The Bertz CT molecular complexity index is 3020. The van der Waals surface area contributed by atoms with E-state index in [1.54, 1.807) is 6.07 Å². The Morgan fingerprint density at radius 1 is 0.878 bits per heavy atom. The SMILES string of the molecule is CC1(C)CC(c2ccc(Cl)cc2)=C2CN3CCN(c4ccc(C(=O)NS(=O)(=O)c5ccc(OCC6(F)CCN(C7COC7)CC6)c(Cl)c5)c(N5CCCOc6nc7[nH]ccc7cc65)c4)C[C@H]3COCCCO[C@@H]2C1. The highest BCUT2D eigenvalue weighted by atomic mass is 35.5. The maximum atomic E-state index is 15.8. The number of aromatic nitrogens is 2. The average molecular weight is 1070 g/mol. The van der Waals surface area contributed by atoms with Gasteiger partial charge in [0.1, 0.15) is 29.4 Å². The lowest BCUT2D eigenvalue weighted by Crippen LogP contribution is -2.56. The molecule has 0 spiro atoms. The third-order valence-corrected chi connectivity index (χ3v) is 17.5. The highest BCUT2D eigenvalue weighted by molar-refractivity contribution is 7.90. The van der Waals surface area contributed by atoms with E-state index in [0.29, 0.717) is 126 Å². The molecule has 2 N–H and O–H groups in total. The summed E-state index contributed by atoms with van der Waals surface area (Å²) in [5.74, 6) is -0.280. The number of carbonyl (C=O) groups excluding carboxylic acids is 1. The van der Waals surface area contributed by atoms with Gasteiger partial charge < -0.3 is 38.5 Å². The molecular formula is C55H64Cl2FN7O8S. The third-order valence-electron chi connectivity index (χ3n) is 15.6. The number of alkyl halides is 1. The van der Waals surface area contributed by atoms with Crippen LogP contribution in [0.5, 0.6) is 11.6 Å². The van der Waals surface area contributed by atoms with Gasteiger partial charge >= 0.3 is 0 Å². The predicted molar refractivity (Wildman–Crippen MR) is 285 cm³/mol. The first-order chi connectivity index (χ1) is 35.7. The van der Waals surface area contributed by atoms with Gasteiger partial charge in [-0.25, -0.2) is 17.5 Å². The number of anilines is 3. The van der Waals surface area contributed by atoms with Crippen molar-refractivity contribution >= 4 is 72.8 Å². The molecule has 2 aromatic heterocycles. The minimum Gasteiger partial charge on any atom is -0.489 e. The molecule has 19 heteroatoms. The molecule has 0 unspecified atom stereocenters. The van der Waals surface area contributed by atoms with Crippen LogP contribution in [0.2, 0.25) is 10.0 Å². The summed E-state index contributed by atoms with van der Waals surface area (Å²) in [6.45, 7) is 12.4. The van der Waals surface area contributed by atoms with Gasteiger partial charge in [-0.2, -0.15) is 4.98 Å². The van der Waals surface area contributed by atoms with Crippen LogP contribution in [0, 0.1) is 5.41 Å². The zero-order valence-electron chi connectivity index (χ0n) is 41.9. The van der Waals surface area contributed by atoms with Crippen molar-refractivity contribution in [3.05, 3.63) is 106 Å². The van der Waals surface area contributed by atoms with Gasteiger partial charge in [0, 0.05) is 81.3 Å². The van der Waals surface area contributed by atoms with Crippen molar-refractivity contribution in [1.82, 2.24) is 24.5 Å². The van der Waals surface area contributed by atoms with E-state index in [1.807, 2.05) is 47.5 Å². The molecule has 5 aromatic rings. The van der Waals surface area contributed by atoms with Crippen LogP contribution in [-0.2, 0) is 24.2 Å². The number of rotatable bonds is 10. The molecule has 0 saturated carbocycles. The van der Waals surface area contributed by atoms with Crippen LogP contribution in [0.25, 0.3) is 16.6 Å². The van der Waals surface area contributed by atoms with Gasteiger partial charge in [-0.1, -0.05) is 49.2 Å². The number of benzene rings is 3. The van der Waals surface area contributed by atoms with Crippen molar-refractivity contribution in [3.63, 3.8) is 0 Å². The molecule has 15 nitrogen and oxygen atoms in total. The number of likely N-dealkylation sites (tertiary alicyclic amines) is 1. The number of nitrogens with one attached hydrogen (secondary N) is 2. The number of hydrogen-bond donors (Lipinski definition) is 2. The molecule has 4 saturated heterocycles. The Morgan fingerprint density at radius 2 is 1.69 bits per heavy atom. The van der Waals surface area contributed by atoms with Crippen molar-refractivity contribution in [2.24, 2.45) is 5.41 Å². The molecule has 3 aromatic carbocycles. The fourth-order valence-corrected chi connectivity index (χ4v) is 12.7. The van der Waals surface area contributed by atoms with Gasteiger partial charge in [-0.3, -0.25) is 14.6 Å². The number of fused-ring (bicyclic) bond motifs is 4. The van der Waals surface area contributed by atoms with E-state index in [9.17, 15) is 13.2 Å². The number of amides is 1. The molecular weight excluding hydrogens is 1010 g/mol. The molecule has 4 fully saturated rings. The second-order valence-electron chi connectivity index (χ2n) is 21.4. The number of ether oxygens (including phenoxy) is 5. The molecule has 394 valence electrons. The molecule has 74 heavy (non-hydrogen) atoms. The van der Waals surface area contributed by atoms with Crippen LogP contribution in [-0.4, -0.2) is 150 Å². The lowest BCUT2D eigenvalue weighted by molar-refractivity contribution is -0.0890. The second kappa shape index (κ2) is 21.2. The first-order valence-electron chi connectivity index (χ1n) is 25.9. The number of aromatic amines is 1. The predicted octanol–water partition coefficient (Wildman–Crippen LogP) is 9.06. The van der Waals surface area contributed by atoms with Crippen LogP contribution < -0.4 is 24.0 Å². The monoisotopic (exact) mass is 1070 g/mol. The number of sulfonamides is 1. The normalized spacial score (nSPS) is 23.1. The molecule has 5 aliphatic heterocycles. The summed E-state index contributed by atoms with van der Waals surface area (Å²) in [6.07, 6.45) is 5.64. The molecule has 11 rings (SSSR count). The number of hydrogen-bond acceptors (Lipinski definition) is 13. The zero-order valence-corrected chi connectivity index (χ0v) is 44.3. The lowest BCUT2D eigenvalue weighted by Gasteiger charge is -2.45. The Kier molecular flexibility index (Phi) is 14.7. The Labute approximate surface area is 442 Å². The van der Waals surface area contributed by atoms with E-state index in [0.717, 1.165) is 43.4 Å². The largest absolute Gasteiger partial charge is 0.489 e. The number of nitrogens with zero attached hydrogens (tertiary/aromatic N) is 5. The Balaban J connectivity index is 0.868. The standard InChI is InChI=1S/C55H64Cl2FN7O8S/c1-54(2)28-44(36-5-7-38(56)8-6-36)45-31-64-21-20-63(30-40(64)32-69-22-4-24-71-50(45)29-54)39-9-11-43(47(26-39)65-17-3-23-72-53-48(65)25-37-13-16-59-51(37)60-53)52(66)61-74(67,68)42-10-12-49(46(57)27-42)73-35-55(58)14-18-62(19-15-55)41-33-70-34-41/h5-13,16,25-27,40-41,50H,3-4,14-15,17-24,28-35H2,1-2H3,(H,59,60)(H,61,66)/t40-,50+/m0/s1. The van der Waals surface area contributed by atoms with E-state index in [2.05, 4.69) is 50.4 Å². The van der Waals surface area contributed by atoms with Crippen LogP contribution >= 0.6 is 23.2 Å². The minimum atomic E-state index is -4.48. The minimum absolute atomic E-state index is 0.0196. The fraction of sp³-hybridized carbons (Fsp3) is 0.491. The van der Waals surface area contributed by atoms with E-state index < -0.39 is 21.6 Å². The van der Waals surface area contributed by atoms with Crippen LogP contribution in [0.1, 0.15) is 68.3 Å². The molecule has 7 heterocycles. The van der Waals surface area contributed by atoms with E-state index >= 15 is 4.39 Å². The van der Waals surface area contributed by atoms with Gasteiger partial charge in [0.25, 0.3) is 15.9 Å². The third kappa shape index (κ3) is 11.0. The van der Waals surface area contributed by atoms with E-state index in [1.165, 1.54) is 34.9 Å². The first kappa shape index (κ1) is 51.1. The summed E-state index contributed by atoms with van der Waals surface area (Å²) in [7, 11) is -4.48. The average Bonchev–Trinajstić information content (AvgIpc) is 3.71. The van der Waals surface area contributed by atoms with E-state index in [4.69, 9.17) is 51.9 Å². The molecule has 1 amide bonds.